The molecule has 1 aromatic carbocycles. The van der Waals surface area contributed by atoms with Gasteiger partial charge in [0.25, 0.3) is 0 Å². The maximum atomic E-state index is 5.24. The molecule has 2 rings (SSSR count). The molecule has 1 aliphatic carbocycles. The van der Waals surface area contributed by atoms with E-state index in [1.807, 2.05) is 0 Å². The summed E-state index contributed by atoms with van der Waals surface area (Å²) in [5.74, 6) is 0.908. The lowest BCUT2D eigenvalue weighted by molar-refractivity contribution is 0.120. The lowest BCUT2D eigenvalue weighted by Gasteiger charge is -2.29. The smallest absolute Gasteiger partial charge is 0.0589 e. The Bertz CT molecular complexity index is 404. The number of anilines is 1. The SMILES string of the molecule is COCCN(CCNc1ccccc1C)C(C)C1CC1. The van der Waals surface area contributed by atoms with Gasteiger partial charge < -0.3 is 10.1 Å². The second-order valence-electron chi connectivity index (χ2n) is 5.85. The first kappa shape index (κ1) is 15.3. The normalized spacial score (nSPS) is 16.4. The highest BCUT2D eigenvalue weighted by atomic mass is 16.5. The minimum Gasteiger partial charge on any atom is -0.384 e. The Balaban J connectivity index is 1.80. The number of aryl methyl sites for hydroxylation is 1. The van der Waals surface area contributed by atoms with Gasteiger partial charge >= 0.3 is 0 Å². The van der Waals surface area contributed by atoms with E-state index >= 15 is 0 Å². The standard InChI is InChI=1S/C17H28N2O/c1-14-6-4-5-7-17(14)18-10-11-19(12-13-20-3)15(2)16-8-9-16/h4-7,15-16,18H,8-13H2,1-3H3. The largest absolute Gasteiger partial charge is 0.384 e. The Labute approximate surface area is 123 Å². The molecule has 0 aliphatic heterocycles. The molecule has 1 saturated carbocycles. The monoisotopic (exact) mass is 276 g/mol. The predicted octanol–water partition coefficient (Wildman–Crippen LogP) is 3.15. The molecule has 112 valence electrons. The van der Waals surface area contributed by atoms with Crippen LogP contribution in [0.5, 0.6) is 0 Å². The third kappa shape index (κ3) is 4.50. The molecule has 0 heterocycles. The van der Waals surface area contributed by atoms with E-state index in [0.29, 0.717) is 6.04 Å². The van der Waals surface area contributed by atoms with Gasteiger partial charge in [-0.25, -0.2) is 0 Å². The van der Waals surface area contributed by atoms with Crippen LogP contribution in [-0.4, -0.2) is 44.3 Å². The predicted molar refractivity (Wildman–Crippen MR) is 85.3 cm³/mol. The molecule has 0 aromatic heterocycles. The van der Waals surface area contributed by atoms with Crippen LogP contribution in [-0.2, 0) is 4.74 Å². The molecule has 1 atom stereocenters. The molecule has 0 saturated heterocycles. The van der Waals surface area contributed by atoms with Crippen LogP contribution >= 0.6 is 0 Å². The second-order valence-corrected chi connectivity index (χ2v) is 5.85. The van der Waals surface area contributed by atoms with Crippen molar-refractivity contribution in [2.24, 2.45) is 5.92 Å². The van der Waals surface area contributed by atoms with Gasteiger partial charge in [0, 0.05) is 38.5 Å². The fourth-order valence-corrected chi connectivity index (χ4v) is 2.71. The Morgan fingerprint density at radius 2 is 2.05 bits per heavy atom. The van der Waals surface area contributed by atoms with Gasteiger partial charge in [-0.15, -0.1) is 0 Å². The molecule has 1 N–H and O–H groups in total. The number of nitrogens with zero attached hydrogens (tertiary/aromatic N) is 1. The molecule has 1 unspecified atom stereocenters. The zero-order chi connectivity index (χ0) is 14.4. The second kappa shape index (κ2) is 7.65. The van der Waals surface area contributed by atoms with Crippen molar-refractivity contribution in [1.29, 1.82) is 0 Å². The summed E-state index contributed by atoms with van der Waals surface area (Å²) in [4.78, 5) is 2.56. The molecule has 0 bridgehead atoms. The number of rotatable bonds is 9. The lowest BCUT2D eigenvalue weighted by atomic mass is 10.1. The van der Waals surface area contributed by atoms with Crippen LogP contribution in [0, 0.1) is 12.8 Å². The number of hydrogen-bond acceptors (Lipinski definition) is 3. The van der Waals surface area contributed by atoms with Crippen LogP contribution < -0.4 is 5.32 Å². The molecule has 3 heteroatoms. The van der Waals surface area contributed by atoms with Gasteiger partial charge in [-0.05, 0) is 44.2 Å². The third-order valence-corrected chi connectivity index (χ3v) is 4.32. The number of benzene rings is 1. The summed E-state index contributed by atoms with van der Waals surface area (Å²) in [6.07, 6.45) is 2.80. The first-order chi connectivity index (χ1) is 9.72. The quantitative estimate of drug-likeness (QED) is 0.750. The van der Waals surface area contributed by atoms with Gasteiger partial charge in [-0.3, -0.25) is 4.90 Å². The summed E-state index contributed by atoms with van der Waals surface area (Å²) in [5.41, 5.74) is 2.56. The highest BCUT2D eigenvalue weighted by Gasteiger charge is 2.31. The fraction of sp³-hybridized carbons (Fsp3) is 0.647. The van der Waals surface area contributed by atoms with E-state index in [9.17, 15) is 0 Å². The molecule has 3 nitrogen and oxygen atoms in total. The summed E-state index contributed by atoms with van der Waals surface area (Å²) in [5, 5.41) is 3.55. The van der Waals surface area contributed by atoms with Crippen LogP contribution in [0.25, 0.3) is 0 Å². The van der Waals surface area contributed by atoms with E-state index in [-0.39, 0.29) is 0 Å². The van der Waals surface area contributed by atoms with E-state index in [4.69, 9.17) is 4.74 Å². The molecule has 0 amide bonds. The van der Waals surface area contributed by atoms with Crippen molar-refractivity contribution in [2.75, 3.05) is 38.7 Å². The summed E-state index contributed by atoms with van der Waals surface area (Å²) < 4.78 is 5.24. The molecule has 1 aliphatic rings. The van der Waals surface area contributed by atoms with Crippen molar-refractivity contribution in [3.05, 3.63) is 29.8 Å². The van der Waals surface area contributed by atoms with Gasteiger partial charge in [0.15, 0.2) is 0 Å². The molecular weight excluding hydrogens is 248 g/mol. The van der Waals surface area contributed by atoms with Crippen LogP contribution in [0.3, 0.4) is 0 Å². The molecule has 20 heavy (non-hydrogen) atoms. The number of nitrogens with one attached hydrogen (secondary N) is 1. The number of para-hydroxylation sites is 1. The van der Waals surface area contributed by atoms with Crippen molar-refractivity contribution in [2.45, 2.75) is 32.7 Å². The Hall–Kier alpha value is -1.06. The Morgan fingerprint density at radius 1 is 1.30 bits per heavy atom. The molecule has 0 spiro atoms. The van der Waals surface area contributed by atoms with Crippen molar-refractivity contribution >= 4 is 5.69 Å². The van der Waals surface area contributed by atoms with Gasteiger partial charge in [-0.2, -0.15) is 0 Å². The van der Waals surface area contributed by atoms with Crippen LogP contribution in [0.4, 0.5) is 5.69 Å². The Kier molecular flexibility index (Phi) is 5.86. The summed E-state index contributed by atoms with van der Waals surface area (Å²) in [6.45, 7) is 8.44. The molecular formula is C17H28N2O. The molecule has 1 aromatic rings. The van der Waals surface area contributed by atoms with Crippen molar-refractivity contribution in [3.63, 3.8) is 0 Å². The first-order valence-corrected chi connectivity index (χ1v) is 7.75. The third-order valence-electron chi connectivity index (χ3n) is 4.32. The van der Waals surface area contributed by atoms with Crippen molar-refractivity contribution < 1.29 is 4.74 Å². The average Bonchev–Trinajstić information content (AvgIpc) is 3.28. The lowest BCUT2D eigenvalue weighted by Crippen LogP contribution is -2.40. The van der Waals surface area contributed by atoms with Gasteiger partial charge in [0.05, 0.1) is 6.61 Å². The zero-order valence-electron chi connectivity index (χ0n) is 13.1. The minimum absolute atomic E-state index is 0.684. The average molecular weight is 276 g/mol. The summed E-state index contributed by atoms with van der Waals surface area (Å²) in [6, 6.07) is 9.16. The summed E-state index contributed by atoms with van der Waals surface area (Å²) >= 11 is 0. The topological polar surface area (TPSA) is 24.5 Å². The van der Waals surface area contributed by atoms with Crippen LogP contribution in [0.15, 0.2) is 24.3 Å². The first-order valence-electron chi connectivity index (χ1n) is 7.75. The van der Waals surface area contributed by atoms with Crippen molar-refractivity contribution in [3.8, 4) is 0 Å². The van der Waals surface area contributed by atoms with Crippen LogP contribution in [0.2, 0.25) is 0 Å². The van der Waals surface area contributed by atoms with Gasteiger partial charge in [0.1, 0.15) is 0 Å². The minimum atomic E-state index is 0.684. The maximum absolute atomic E-state index is 5.24. The molecule has 0 radical (unpaired) electrons. The summed E-state index contributed by atoms with van der Waals surface area (Å²) in [7, 11) is 1.78. The molecule has 1 fully saturated rings. The van der Waals surface area contributed by atoms with Crippen molar-refractivity contribution in [1.82, 2.24) is 4.90 Å². The van der Waals surface area contributed by atoms with Gasteiger partial charge in [-0.1, -0.05) is 18.2 Å². The van der Waals surface area contributed by atoms with E-state index < -0.39 is 0 Å². The van der Waals surface area contributed by atoms with E-state index in [1.165, 1.54) is 24.1 Å². The highest BCUT2D eigenvalue weighted by molar-refractivity contribution is 5.50. The zero-order valence-corrected chi connectivity index (χ0v) is 13.1. The number of hydrogen-bond donors (Lipinski definition) is 1. The van der Waals surface area contributed by atoms with Gasteiger partial charge in [0.2, 0.25) is 0 Å². The number of methoxy groups -OCH3 is 1. The van der Waals surface area contributed by atoms with E-state index in [1.54, 1.807) is 7.11 Å². The van der Waals surface area contributed by atoms with E-state index in [0.717, 1.165) is 32.2 Å². The fourth-order valence-electron chi connectivity index (χ4n) is 2.71. The maximum Gasteiger partial charge on any atom is 0.0589 e. The Morgan fingerprint density at radius 3 is 2.70 bits per heavy atom. The van der Waals surface area contributed by atoms with Crippen LogP contribution in [0.1, 0.15) is 25.3 Å². The number of ether oxygens (including phenoxy) is 1. The van der Waals surface area contributed by atoms with E-state index in [2.05, 4.69) is 48.3 Å². The highest BCUT2D eigenvalue weighted by Crippen LogP contribution is 2.34.